The van der Waals surface area contributed by atoms with E-state index in [1.807, 2.05) is 24.3 Å². The number of aromatic nitrogens is 2. The van der Waals surface area contributed by atoms with Gasteiger partial charge >= 0.3 is 0 Å². The van der Waals surface area contributed by atoms with Crippen LogP contribution in [0.3, 0.4) is 0 Å². The summed E-state index contributed by atoms with van der Waals surface area (Å²) >= 11 is 5.88. The monoisotopic (exact) mass is 378 g/mol. The number of ether oxygens (including phenoxy) is 1. The van der Waals surface area contributed by atoms with E-state index >= 15 is 0 Å². The Morgan fingerprint density at radius 1 is 1.12 bits per heavy atom. The Bertz CT molecular complexity index is 666. The molecule has 142 valence electrons. The lowest BCUT2D eigenvalue weighted by atomic mass is 10.1. The van der Waals surface area contributed by atoms with Crippen molar-refractivity contribution in [1.29, 1.82) is 0 Å². The Morgan fingerprint density at radius 3 is 2.50 bits per heavy atom. The van der Waals surface area contributed by atoms with E-state index in [2.05, 4.69) is 33.8 Å². The van der Waals surface area contributed by atoms with Crippen molar-refractivity contribution in [3.05, 3.63) is 41.0 Å². The van der Waals surface area contributed by atoms with Gasteiger partial charge in [0.25, 0.3) is 0 Å². The lowest BCUT2D eigenvalue weighted by Crippen LogP contribution is -2.47. The molecule has 0 atom stereocenters. The van der Waals surface area contributed by atoms with Gasteiger partial charge in [0.15, 0.2) is 5.82 Å². The molecule has 2 heterocycles. The molecule has 1 saturated heterocycles. The van der Waals surface area contributed by atoms with Crippen LogP contribution < -0.4 is 4.74 Å². The molecule has 0 bridgehead atoms. The van der Waals surface area contributed by atoms with Gasteiger partial charge in [-0.1, -0.05) is 30.6 Å². The van der Waals surface area contributed by atoms with Gasteiger partial charge in [0.2, 0.25) is 5.89 Å². The van der Waals surface area contributed by atoms with Crippen molar-refractivity contribution in [2.75, 3.05) is 39.3 Å². The van der Waals surface area contributed by atoms with Crippen molar-refractivity contribution in [3.8, 4) is 5.75 Å². The number of hydrogen-bond acceptors (Lipinski definition) is 6. The van der Waals surface area contributed by atoms with Gasteiger partial charge in [0.05, 0.1) is 6.54 Å². The molecule has 26 heavy (non-hydrogen) atoms. The fourth-order valence-electron chi connectivity index (χ4n) is 2.99. The Kier molecular flexibility index (Phi) is 6.88. The van der Waals surface area contributed by atoms with Crippen LogP contribution in [0.4, 0.5) is 0 Å². The molecule has 1 fully saturated rings. The third-order valence-electron chi connectivity index (χ3n) is 4.41. The van der Waals surface area contributed by atoms with Crippen molar-refractivity contribution < 1.29 is 9.26 Å². The number of rotatable bonds is 8. The van der Waals surface area contributed by atoms with E-state index in [1.54, 1.807) is 0 Å². The minimum absolute atomic E-state index is 0.541. The van der Waals surface area contributed by atoms with Crippen molar-refractivity contribution in [2.24, 2.45) is 5.92 Å². The van der Waals surface area contributed by atoms with E-state index in [9.17, 15) is 0 Å². The Labute approximate surface area is 160 Å². The summed E-state index contributed by atoms with van der Waals surface area (Å²) in [6.45, 7) is 10.7. The van der Waals surface area contributed by atoms with Crippen LogP contribution in [0.2, 0.25) is 5.02 Å². The average Bonchev–Trinajstić information content (AvgIpc) is 3.04. The van der Waals surface area contributed by atoms with Crippen molar-refractivity contribution >= 4 is 11.6 Å². The van der Waals surface area contributed by atoms with Gasteiger partial charge in [-0.3, -0.25) is 9.80 Å². The second-order valence-corrected chi connectivity index (χ2v) is 7.56. The summed E-state index contributed by atoms with van der Waals surface area (Å²) in [5, 5.41) is 4.79. The lowest BCUT2D eigenvalue weighted by molar-refractivity contribution is 0.104. The highest BCUT2D eigenvalue weighted by Gasteiger charge is 2.19. The van der Waals surface area contributed by atoms with Gasteiger partial charge in [-0.25, -0.2) is 0 Å². The van der Waals surface area contributed by atoms with Gasteiger partial charge in [-0.05, 0) is 30.2 Å². The topological polar surface area (TPSA) is 54.6 Å². The molecule has 0 spiro atoms. The summed E-state index contributed by atoms with van der Waals surface area (Å²) < 4.78 is 11.1. The molecule has 1 aromatic heterocycles. The van der Waals surface area contributed by atoms with Crippen molar-refractivity contribution in [3.63, 3.8) is 0 Å². The number of halogens is 1. The zero-order valence-electron chi connectivity index (χ0n) is 15.5. The third kappa shape index (κ3) is 5.97. The molecule has 2 aromatic rings. The largest absolute Gasteiger partial charge is 0.492 e. The van der Waals surface area contributed by atoms with Crippen LogP contribution in [-0.4, -0.2) is 59.3 Å². The van der Waals surface area contributed by atoms with Crippen molar-refractivity contribution in [2.45, 2.75) is 26.8 Å². The first-order valence-electron chi connectivity index (χ1n) is 9.23. The molecule has 1 aliphatic heterocycles. The van der Waals surface area contributed by atoms with Crippen LogP contribution in [0, 0.1) is 5.92 Å². The average molecular weight is 379 g/mol. The summed E-state index contributed by atoms with van der Waals surface area (Å²) in [6, 6.07) is 7.50. The maximum absolute atomic E-state index is 5.88. The van der Waals surface area contributed by atoms with Crippen molar-refractivity contribution in [1.82, 2.24) is 19.9 Å². The van der Waals surface area contributed by atoms with Crippen LogP contribution in [0.5, 0.6) is 5.75 Å². The number of piperazine rings is 1. The summed E-state index contributed by atoms with van der Waals surface area (Å²) in [4.78, 5) is 9.28. The maximum atomic E-state index is 5.88. The highest BCUT2D eigenvalue weighted by Crippen LogP contribution is 2.15. The first-order chi connectivity index (χ1) is 12.6. The molecule has 6 nitrogen and oxygen atoms in total. The van der Waals surface area contributed by atoms with E-state index < -0.39 is 0 Å². The minimum atomic E-state index is 0.541. The summed E-state index contributed by atoms with van der Waals surface area (Å²) in [5.74, 6) is 2.94. The van der Waals surface area contributed by atoms with Crippen LogP contribution in [0.1, 0.15) is 25.6 Å². The predicted molar refractivity (Wildman–Crippen MR) is 102 cm³/mol. The Morgan fingerprint density at radius 2 is 1.81 bits per heavy atom. The zero-order valence-corrected chi connectivity index (χ0v) is 16.3. The van der Waals surface area contributed by atoms with Gasteiger partial charge in [0.1, 0.15) is 12.4 Å². The molecule has 0 radical (unpaired) electrons. The van der Waals surface area contributed by atoms with Crippen LogP contribution in [0.15, 0.2) is 28.8 Å². The molecule has 0 amide bonds. The summed E-state index contributed by atoms with van der Waals surface area (Å²) in [5.41, 5.74) is 0. The highest BCUT2D eigenvalue weighted by molar-refractivity contribution is 6.30. The number of hydrogen-bond donors (Lipinski definition) is 0. The second kappa shape index (κ2) is 9.35. The molecule has 0 unspecified atom stereocenters. The van der Waals surface area contributed by atoms with Crippen LogP contribution in [0.25, 0.3) is 0 Å². The standard InChI is InChI=1S/C19H27ClN4O2/c1-15(2)13-18-21-19(26-22-18)14-24-9-7-23(8-10-24)11-12-25-17-5-3-16(20)4-6-17/h3-6,15H,7-14H2,1-2H3. The second-order valence-electron chi connectivity index (χ2n) is 7.12. The Hall–Kier alpha value is -1.63. The minimum Gasteiger partial charge on any atom is -0.492 e. The molecule has 7 heteroatoms. The molecule has 0 saturated carbocycles. The zero-order chi connectivity index (χ0) is 18.4. The molecule has 0 aliphatic carbocycles. The SMILES string of the molecule is CC(C)Cc1noc(CN2CCN(CCOc3ccc(Cl)cc3)CC2)n1. The highest BCUT2D eigenvalue weighted by atomic mass is 35.5. The van der Waals surface area contributed by atoms with E-state index in [4.69, 9.17) is 20.9 Å². The molecular weight excluding hydrogens is 352 g/mol. The fraction of sp³-hybridized carbons (Fsp3) is 0.579. The fourth-order valence-corrected chi connectivity index (χ4v) is 3.11. The van der Waals surface area contributed by atoms with Gasteiger partial charge in [-0.2, -0.15) is 4.98 Å². The molecule has 1 aliphatic rings. The smallest absolute Gasteiger partial charge is 0.240 e. The first-order valence-corrected chi connectivity index (χ1v) is 9.61. The molecule has 1 aromatic carbocycles. The maximum Gasteiger partial charge on any atom is 0.240 e. The summed E-state index contributed by atoms with van der Waals surface area (Å²) in [6.07, 6.45) is 0.866. The quantitative estimate of drug-likeness (QED) is 0.703. The normalized spacial score (nSPS) is 16.3. The molecule has 0 N–H and O–H groups in total. The molecule has 3 rings (SSSR count). The van der Waals surface area contributed by atoms with Crippen LogP contribution in [-0.2, 0) is 13.0 Å². The third-order valence-corrected chi connectivity index (χ3v) is 4.67. The summed E-state index contributed by atoms with van der Waals surface area (Å²) in [7, 11) is 0. The van der Waals surface area contributed by atoms with Gasteiger partial charge in [-0.15, -0.1) is 0 Å². The van der Waals surface area contributed by atoms with Crippen LogP contribution >= 0.6 is 11.6 Å². The number of benzene rings is 1. The van der Waals surface area contributed by atoms with E-state index in [-0.39, 0.29) is 0 Å². The van der Waals surface area contributed by atoms with Gasteiger partial charge < -0.3 is 9.26 Å². The van der Waals surface area contributed by atoms with Gasteiger partial charge in [0, 0.05) is 44.2 Å². The Balaban J connectivity index is 1.35. The molecular formula is C19H27ClN4O2. The van der Waals surface area contributed by atoms with E-state index in [0.717, 1.165) is 68.2 Å². The predicted octanol–water partition coefficient (Wildman–Crippen LogP) is 3.12. The lowest BCUT2D eigenvalue weighted by Gasteiger charge is -2.33. The van der Waals surface area contributed by atoms with E-state index in [0.29, 0.717) is 12.5 Å². The first kappa shape index (κ1) is 19.1. The van der Waals surface area contributed by atoms with E-state index in [1.165, 1.54) is 0 Å². The number of nitrogens with zero attached hydrogens (tertiary/aromatic N) is 4.